The summed E-state index contributed by atoms with van der Waals surface area (Å²) in [7, 11) is 0. The molecule has 3 heteroatoms. The van der Waals surface area contributed by atoms with Crippen LogP contribution in [0, 0.1) is 0 Å². The van der Waals surface area contributed by atoms with Gasteiger partial charge < -0.3 is 10.5 Å². The zero-order valence-corrected chi connectivity index (χ0v) is 14.4. The Bertz CT molecular complexity index is 381. The number of unbranched alkanes of at least 4 members (excludes halogenated alkanes) is 4. The van der Waals surface area contributed by atoms with E-state index in [1.807, 2.05) is 6.07 Å². The van der Waals surface area contributed by atoms with Crippen molar-refractivity contribution in [3.63, 3.8) is 0 Å². The molecular formula is C17H28BrNO. The van der Waals surface area contributed by atoms with E-state index in [0.717, 1.165) is 36.1 Å². The molecule has 0 saturated carbocycles. The van der Waals surface area contributed by atoms with Crippen LogP contribution >= 0.6 is 15.9 Å². The molecule has 0 heterocycles. The van der Waals surface area contributed by atoms with Crippen molar-refractivity contribution in [3.05, 3.63) is 28.2 Å². The van der Waals surface area contributed by atoms with Crippen molar-refractivity contribution < 1.29 is 4.74 Å². The van der Waals surface area contributed by atoms with Gasteiger partial charge in [0.15, 0.2) is 0 Å². The zero-order chi connectivity index (χ0) is 14.8. The predicted octanol–water partition coefficient (Wildman–Crippen LogP) is 5.08. The second-order valence-electron chi connectivity index (χ2n) is 5.36. The van der Waals surface area contributed by atoms with Gasteiger partial charge >= 0.3 is 0 Å². The molecule has 0 saturated heterocycles. The number of ether oxygens (including phenoxy) is 1. The molecule has 1 aromatic rings. The summed E-state index contributed by atoms with van der Waals surface area (Å²) in [6.07, 6.45) is 8.16. The van der Waals surface area contributed by atoms with E-state index in [2.05, 4.69) is 41.9 Å². The first kappa shape index (κ1) is 17.5. The van der Waals surface area contributed by atoms with Crippen LogP contribution in [0.5, 0.6) is 5.75 Å². The van der Waals surface area contributed by atoms with Crippen LogP contribution in [0.1, 0.15) is 57.9 Å². The predicted molar refractivity (Wildman–Crippen MR) is 90.4 cm³/mol. The van der Waals surface area contributed by atoms with Gasteiger partial charge in [-0.25, -0.2) is 0 Å². The number of para-hydroxylation sites is 1. The van der Waals surface area contributed by atoms with Crippen LogP contribution in [0.3, 0.4) is 0 Å². The fourth-order valence-corrected chi connectivity index (χ4v) is 2.70. The van der Waals surface area contributed by atoms with E-state index >= 15 is 0 Å². The summed E-state index contributed by atoms with van der Waals surface area (Å²) in [5.74, 6) is 0.979. The summed E-state index contributed by atoms with van der Waals surface area (Å²) in [6.45, 7) is 5.15. The van der Waals surface area contributed by atoms with Gasteiger partial charge in [-0.3, -0.25) is 0 Å². The lowest BCUT2D eigenvalue weighted by atomic mass is 10.0. The van der Waals surface area contributed by atoms with Crippen molar-refractivity contribution in [3.8, 4) is 5.75 Å². The van der Waals surface area contributed by atoms with Crippen molar-refractivity contribution >= 4 is 15.9 Å². The lowest BCUT2D eigenvalue weighted by Gasteiger charge is -2.16. The lowest BCUT2D eigenvalue weighted by molar-refractivity contribution is 0.299. The van der Waals surface area contributed by atoms with E-state index in [-0.39, 0.29) is 6.04 Å². The Morgan fingerprint density at radius 2 is 1.90 bits per heavy atom. The number of halogens is 1. The van der Waals surface area contributed by atoms with E-state index < -0.39 is 0 Å². The van der Waals surface area contributed by atoms with Crippen molar-refractivity contribution in [1.29, 1.82) is 0 Å². The van der Waals surface area contributed by atoms with E-state index in [4.69, 9.17) is 10.5 Å². The van der Waals surface area contributed by atoms with E-state index in [1.165, 1.54) is 31.2 Å². The Balaban J connectivity index is 2.50. The quantitative estimate of drug-likeness (QED) is 0.602. The van der Waals surface area contributed by atoms with Crippen LogP contribution in [0.25, 0.3) is 0 Å². The molecule has 0 aliphatic heterocycles. The summed E-state index contributed by atoms with van der Waals surface area (Å²) in [4.78, 5) is 0. The maximum Gasteiger partial charge on any atom is 0.136 e. The van der Waals surface area contributed by atoms with Crippen LogP contribution in [0.2, 0.25) is 0 Å². The molecule has 1 rings (SSSR count). The number of rotatable bonds is 10. The molecule has 2 N–H and O–H groups in total. The van der Waals surface area contributed by atoms with E-state index in [0.29, 0.717) is 0 Å². The second kappa shape index (κ2) is 10.2. The van der Waals surface area contributed by atoms with Crippen molar-refractivity contribution in [2.24, 2.45) is 5.73 Å². The highest BCUT2D eigenvalue weighted by Gasteiger charge is 2.11. The SMILES string of the molecule is CCCCCCCOc1c(Br)cccc1CC(N)CC. The average molecular weight is 342 g/mol. The van der Waals surface area contributed by atoms with Gasteiger partial charge in [-0.1, -0.05) is 51.7 Å². The maximum atomic E-state index is 6.06. The van der Waals surface area contributed by atoms with Crippen LogP contribution in [0.15, 0.2) is 22.7 Å². The highest BCUT2D eigenvalue weighted by atomic mass is 79.9. The summed E-state index contributed by atoms with van der Waals surface area (Å²) < 4.78 is 7.03. The second-order valence-corrected chi connectivity index (χ2v) is 6.22. The molecule has 20 heavy (non-hydrogen) atoms. The van der Waals surface area contributed by atoms with Gasteiger partial charge in [-0.2, -0.15) is 0 Å². The third-order valence-electron chi connectivity index (χ3n) is 3.55. The first-order chi connectivity index (χ1) is 9.69. The third kappa shape index (κ3) is 6.27. The molecule has 0 aliphatic carbocycles. The van der Waals surface area contributed by atoms with Crippen molar-refractivity contribution in [2.45, 2.75) is 64.8 Å². The minimum absolute atomic E-state index is 0.205. The Labute approximate surface area is 132 Å². The number of hydrogen-bond acceptors (Lipinski definition) is 2. The molecule has 0 amide bonds. The average Bonchev–Trinajstić information content (AvgIpc) is 2.45. The Morgan fingerprint density at radius 3 is 2.60 bits per heavy atom. The highest BCUT2D eigenvalue weighted by Crippen LogP contribution is 2.30. The molecule has 2 nitrogen and oxygen atoms in total. The minimum atomic E-state index is 0.205. The molecule has 0 bridgehead atoms. The first-order valence-corrected chi connectivity index (χ1v) is 8.64. The third-order valence-corrected chi connectivity index (χ3v) is 4.17. The van der Waals surface area contributed by atoms with Gasteiger partial charge in [-0.15, -0.1) is 0 Å². The Hall–Kier alpha value is -0.540. The highest BCUT2D eigenvalue weighted by molar-refractivity contribution is 9.10. The fraction of sp³-hybridized carbons (Fsp3) is 0.647. The van der Waals surface area contributed by atoms with Gasteiger partial charge in [0.25, 0.3) is 0 Å². The first-order valence-electron chi connectivity index (χ1n) is 7.84. The number of benzene rings is 1. The Kier molecular flexibility index (Phi) is 8.95. The molecule has 1 unspecified atom stereocenters. The maximum absolute atomic E-state index is 6.06. The molecule has 114 valence electrons. The summed E-state index contributed by atoms with van der Waals surface area (Å²) in [5, 5.41) is 0. The summed E-state index contributed by atoms with van der Waals surface area (Å²) in [6, 6.07) is 6.41. The molecule has 1 aromatic carbocycles. The molecule has 0 spiro atoms. The minimum Gasteiger partial charge on any atom is -0.492 e. The Morgan fingerprint density at radius 1 is 1.15 bits per heavy atom. The molecule has 1 atom stereocenters. The largest absolute Gasteiger partial charge is 0.492 e. The lowest BCUT2D eigenvalue weighted by Crippen LogP contribution is -2.21. The van der Waals surface area contributed by atoms with E-state index in [9.17, 15) is 0 Å². The van der Waals surface area contributed by atoms with Gasteiger partial charge in [0, 0.05) is 6.04 Å². The smallest absolute Gasteiger partial charge is 0.136 e. The van der Waals surface area contributed by atoms with Gasteiger partial charge in [0.1, 0.15) is 5.75 Å². The molecule has 0 radical (unpaired) electrons. The summed E-state index contributed by atoms with van der Waals surface area (Å²) in [5.41, 5.74) is 7.27. The van der Waals surface area contributed by atoms with Crippen LogP contribution in [0.4, 0.5) is 0 Å². The van der Waals surface area contributed by atoms with Gasteiger partial charge in [0.05, 0.1) is 11.1 Å². The number of hydrogen-bond donors (Lipinski definition) is 1. The molecule has 0 fully saturated rings. The molecular weight excluding hydrogens is 314 g/mol. The van der Waals surface area contributed by atoms with Crippen LogP contribution < -0.4 is 10.5 Å². The van der Waals surface area contributed by atoms with Gasteiger partial charge in [-0.05, 0) is 46.8 Å². The summed E-state index contributed by atoms with van der Waals surface area (Å²) >= 11 is 3.59. The monoisotopic (exact) mass is 341 g/mol. The normalized spacial score (nSPS) is 12.4. The zero-order valence-electron chi connectivity index (χ0n) is 12.8. The van der Waals surface area contributed by atoms with Gasteiger partial charge in [0.2, 0.25) is 0 Å². The number of nitrogens with two attached hydrogens (primary N) is 1. The fourth-order valence-electron chi connectivity index (χ4n) is 2.18. The standard InChI is InChI=1S/C17H28BrNO/c1-3-5-6-7-8-12-20-17-14(13-15(19)4-2)10-9-11-16(17)18/h9-11,15H,3-8,12-13,19H2,1-2H3. The van der Waals surface area contributed by atoms with Crippen LogP contribution in [-0.4, -0.2) is 12.6 Å². The topological polar surface area (TPSA) is 35.2 Å². The molecule has 0 aromatic heterocycles. The van der Waals surface area contributed by atoms with E-state index in [1.54, 1.807) is 0 Å². The van der Waals surface area contributed by atoms with Crippen LogP contribution in [-0.2, 0) is 6.42 Å². The van der Waals surface area contributed by atoms with Crippen molar-refractivity contribution in [2.75, 3.05) is 6.61 Å². The molecule has 0 aliphatic rings. The van der Waals surface area contributed by atoms with Crippen molar-refractivity contribution in [1.82, 2.24) is 0 Å².